The summed E-state index contributed by atoms with van der Waals surface area (Å²) in [4.78, 5) is 17.2. The summed E-state index contributed by atoms with van der Waals surface area (Å²) >= 11 is 0. The highest BCUT2D eigenvalue weighted by atomic mass is 19.1. The van der Waals surface area contributed by atoms with Crippen molar-refractivity contribution in [3.63, 3.8) is 0 Å². The normalized spacial score (nSPS) is 9.81. The molecule has 0 N–H and O–H groups in total. The molecule has 0 saturated heterocycles. The van der Waals surface area contributed by atoms with Gasteiger partial charge in [-0.3, -0.25) is 14.8 Å². The van der Waals surface area contributed by atoms with Crippen molar-refractivity contribution >= 4 is 6.47 Å². The van der Waals surface area contributed by atoms with Crippen LogP contribution in [0.15, 0.2) is 42.9 Å². The first-order valence-corrected chi connectivity index (χ1v) is 7.74. The maximum atomic E-state index is 12.9. The third-order valence-corrected chi connectivity index (χ3v) is 3.16. The van der Waals surface area contributed by atoms with Crippen LogP contribution < -0.4 is 4.74 Å². The first kappa shape index (κ1) is 19.0. The molecular weight excluding hydrogens is 341 g/mol. The molecule has 3 rings (SSSR count). The monoisotopic (exact) mass is 359 g/mol. The summed E-state index contributed by atoms with van der Waals surface area (Å²) in [5, 5.41) is 8.03. The van der Waals surface area contributed by atoms with Gasteiger partial charge in [-0.1, -0.05) is 5.21 Å². The molecule has 136 valence electrons. The van der Waals surface area contributed by atoms with Gasteiger partial charge in [0.15, 0.2) is 0 Å². The number of pyridine rings is 2. The molecule has 26 heavy (non-hydrogen) atoms. The Morgan fingerprint density at radius 2 is 2.12 bits per heavy atom. The molecule has 9 heteroatoms. The third kappa shape index (κ3) is 5.33. The average molecular weight is 359 g/mol. The van der Waals surface area contributed by atoms with Crippen molar-refractivity contribution in [2.45, 2.75) is 13.5 Å². The van der Waals surface area contributed by atoms with E-state index in [1.54, 1.807) is 43.2 Å². The van der Waals surface area contributed by atoms with Gasteiger partial charge < -0.3 is 9.47 Å². The highest BCUT2D eigenvalue weighted by Gasteiger charge is 2.14. The number of rotatable bonds is 6. The second kappa shape index (κ2) is 9.82. The van der Waals surface area contributed by atoms with E-state index in [-0.39, 0.29) is 6.61 Å². The topological polar surface area (TPSA) is 92.0 Å². The van der Waals surface area contributed by atoms with Crippen LogP contribution in [-0.2, 0) is 23.2 Å². The van der Waals surface area contributed by atoms with Crippen molar-refractivity contribution in [3.05, 3.63) is 54.4 Å². The molecule has 3 heterocycles. The Hall–Kier alpha value is -3.36. The Balaban J connectivity index is 0.000000431. The van der Waals surface area contributed by atoms with Gasteiger partial charge >= 0.3 is 0 Å². The number of ether oxygens (including phenoxy) is 2. The van der Waals surface area contributed by atoms with Crippen LogP contribution in [0.1, 0.15) is 12.6 Å². The third-order valence-electron chi connectivity index (χ3n) is 3.16. The summed E-state index contributed by atoms with van der Waals surface area (Å²) in [6, 6.07) is 6.50. The fourth-order valence-corrected chi connectivity index (χ4v) is 1.91. The minimum absolute atomic E-state index is 0.267. The van der Waals surface area contributed by atoms with E-state index < -0.39 is 5.82 Å². The summed E-state index contributed by atoms with van der Waals surface area (Å²) in [5.41, 5.74) is 1.87. The summed E-state index contributed by atoms with van der Waals surface area (Å²) < 4.78 is 24.4. The Morgan fingerprint density at radius 1 is 1.27 bits per heavy atom. The highest BCUT2D eigenvalue weighted by molar-refractivity contribution is 5.56. The fraction of sp³-hybridized carbons (Fsp3) is 0.235. The molecule has 0 spiro atoms. The van der Waals surface area contributed by atoms with Crippen LogP contribution >= 0.6 is 0 Å². The molecule has 0 aliphatic heterocycles. The fourth-order valence-electron chi connectivity index (χ4n) is 1.91. The highest BCUT2D eigenvalue weighted by Crippen LogP contribution is 2.20. The molecule has 0 unspecified atom stereocenters. The molecule has 0 radical (unpaired) electrons. The summed E-state index contributed by atoms with van der Waals surface area (Å²) in [6.45, 7) is 2.93. The minimum Gasteiger partial charge on any atom is -0.486 e. The Morgan fingerprint density at radius 3 is 2.69 bits per heavy atom. The number of aryl methyl sites for hydroxylation is 1. The lowest BCUT2D eigenvalue weighted by Crippen LogP contribution is -2.04. The van der Waals surface area contributed by atoms with E-state index in [1.807, 2.05) is 6.07 Å². The van der Waals surface area contributed by atoms with Gasteiger partial charge in [-0.2, -0.15) is 0 Å². The summed E-state index contributed by atoms with van der Waals surface area (Å²) in [6.07, 6.45) is 4.45. The van der Waals surface area contributed by atoms with Crippen molar-refractivity contribution in [1.29, 1.82) is 0 Å². The molecule has 8 nitrogen and oxygen atoms in total. The molecule has 0 atom stereocenters. The first-order chi connectivity index (χ1) is 12.7. The summed E-state index contributed by atoms with van der Waals surface area (Å²) in [5.74, 6) is 0.257. The molecule has 0 saturated carbocycles. The zero-order valence-corrected chi connectivity index (χ0v) is 14.4. The standard InChI is InChI=1S/C14H12FN5O.C3H6O2/c1-20-13(9-21-11-3-2-6-16-8-11)14(18-19-20)12-5-4-10(15)7-17-12;1-2-5-3-4/h2-8H,9H2,1H3;3H,2H2,1H3. The Bertz CT molecular complexity index is 809. The molecule has 0 aliphatic carbocycles. The zero-order chi connectivity index (χ0) is 18.8. The molecule has 0 aromatic carbocycles. The maximum Gasteiger partial charge on any atom is 0.293 e. The second-order valence-electron chi connectivity index (χ2n) is 4.90. The predicted molar refractivity (Wildman–Crippen MR) is 90.5 cm³/mol. The molecular formula is C17H18FN5O3. The predicted octanol–water partition coefficient (Wildman–Crippen LogP) is 2.17. The van der Waals surface area contributed by atoms with Crippen molar-refractivity contribution in [1.82, 2.24) is 25.0 Å². The van der Waals surface area contributed by atoms with E-state index in [4.69, 9.17) is 4.74 Å². The van der Waals surface area contributed by atoms with Crippen molar-refractivity contribution in [2.75, 3.05) is 6.61 Å². The molecule has 0 fully saturated rings. The van der Waals surface area contributed by atoms with Gasteiger partial charge in [-0.15, -0.1) is 5.10 Å². The number of hydrogen-bond acceptors (Lipinski definition) is 7. The number of aromatic nitrogens is 5. The van der Waals surface area contributed by atoms with Gasteiger partial charge in [-0.25, -0.2) is 9.07 Å². The Kier molecular flexibility index (Phi) is 7.17. The van der Waals surface area contributed by atoms with Crippen LogP contribution in [0.25, 0.3) is 11.4 Å². The maximum absolute atomic E-state index is 12.9. The van der Waals surface area contributed by atoms with Crippen LogP contribution in [0.5, 0.6) is 5.75 Å². The number of nitrogens with zero attached hydrogens (tertiary/aromatic N) is 5. The first-order valence-electron chi connectivity index (χ1n) is 7.74. The lowest BCUT2D eigenvalue weighted by Gasteiger charge is -2.07. The zero-order valence-electron chi connectivity index (χ0n) is 14.4. The van der Waals surface area contributed by atoms with E-state index in [2.05, 4.69) is 25.0 Å². The summed E-state index contributed by atoms with van der Waals surface area (Å²) in [7, 11) is 1.77. The smallest absolute Gasteiger partial charge is 0.293 e. The quantitative estimate of drug-likeness (QED) is 0.623. The van der Waals surface area contributed by atoms with Crippen LogP contribution in [-0.4, -0.2) is 38.0 Å². The molecule has 0 bridgehead atoms. The van der Waals surface area contributed by atoms with Crippen LogP contribution in [0.3, 0.4) is 0 Å². The van der Waals surface area contributed by atoms with Gasteiger partial charge in [-0.05, 0) is 31.2 Å². The van der Waals surface area contributed by atoms with E-state index in [0.29, 0.717) is 30.2 Å². The van der Waals surface area contributed by atoms with Crippen LogP contribution in [0.4, 0.5) is 4.39 Å². The van der Waals surface area contributed by atoms with Crippen LogP contribution in [0.2, 0.25) is 0 Å². The van der Waals surface area contributed by atoms with Gasteiger partial charge in [0.05, 0.1) is 24.7 Å². The SMILES string of the molecule is CCOC=O.Cn1nnc(-c2ccc(F)cn2)c1COc1cccnc1. The van der Waals surface area contributed by atoms with Gasteiger partial charge in [0.25, 0.3) is 6.47 Å². The Labute approximate surface area is 149 Å². The molecule has 3 aromatic rings. The second-order valence-corrected chi connectivity index (χ2v) is 4.90. The molecule has 0 aliphatic rings. The number of carbonyl (C=O) groups is 1. The lowest BCUT2D eigenvalue weighted by molar-refractivity contribution is -0.128. The minimum atomic E-state index is -0.393. The van der Waals surface area contributed by atoms with Gasteiger partial charge in [0.1, 0.15) is 29.6 Å². The van der Waals surface area contributed by atoms with Crippen molar-refractivity contribution in [2.24, 2.45) is 7.05 Å². The molecule has 0 amide bonds. The van der Waals surface area contributed by atoms with Crippen molar-refractivity contribution in [3.8, 4) is 17.1 Å². The number of hydrogen-bond donors (Lipinski definition) is 0. The van der Waals surface area contributed by atoms with E-state index in [9.17, 15) is 9.18 Å². The number of carbonyl (C=O) groups excluding carboxylic acids is 1. The van der Waals surface area contributed by atoms with Gasteiger partial charge in [0.2, 0.25) is 0 Å². The van der Waals surface area contributed by atoms with E-state index in [1.165, 1.54) is 6.07 Å². The van der Waals surface area contributed by atoms with Crippen LogP contribution in [0, 0.1) is 5.82 Å². The van der Waals surface area contributed by atoms with Gasteiger partial charge in [0, 0.05) is 13.2 Å². The van der Waals surface area contributed by atoms with Crippen molar-refractivity contribution < 1.29 is 18.7 Å². The van der Waals surface area contributed by atoms with E-state index >= 15 is 0 Å². The lowest BCUT2D eigenvalue weighted by atomic mass is 10.2. The number of halogens is 1. The average Bonchev–Trinajstić information content (AvgIpc) is 3.03. The molecule has 3 aromatic heterocycles. The largest absolute Gasteiger partial charge is 0.486 e. The van der Waals surface area contributed by atoms with E-state index in [0.717, 1.165) is 11.9 Å².